The standard InChI is InChI=1S/C12H19NO/c13-8-12(11-3-1-2-4-11)7-10-5-6-14-9-10/h5-6,9,11-12H,1-4,7-8,13H2. The average Bonchev–Trinajstić information content (AvgIpc) is 2.86. The van der Waals surface area contributed by atoms with Gasteiger partial charge in [0.15, 0.2) is 0 Å². The predicted molar refractivity (Wildman–Crippen MR) is 56.9 cm³/mol. The molecule has 14 heavy (non-hydrogen) atoms. The minimum Gasteiger partial charge on any atom is -0.472 e. The molecule has 0 aliphatic heterocycles. The van der Waals surface area contributed by atoms with E-state index >= 15 is 0 Å². The van der Waals surface area contributed by atoms with Crippen molar-refractivity contribution in [2.45, 2.75) is 32.1 Å². The van der Waals surface area contributed by atoms with Gasteiger partial charge in [0.05, 0.1) is 12.5 Å². The molecule has 0 saturated heterocycles. The van der Waals surface area contributed by atoms with E-state index in [4.69, 9.17) is 10.2 Å². The van der Waals surface area contributed by atoms with Crippen LogP contribution in [-0.2, 0) is 6.42 Å². The molecule has 0 bridgehead atoms. The van der Waals surface area contributed by atoms with Crippen molar-refractivity contribution in [1.29, 1.82) is 0 Å². The molecule has 1 fully saturated rings. The molecule has 2 N–H and O–H groups in total. The lowest BCUT2D eigenvalue weighted by Crippen LogP contribution is -2.23. The van der Waals surface area contributed by atoms with Crippen LogP contribution in [0.4, 0.5) is 0 Å². The summed E-state index contributed by atoms with van der Waals surface area (Å²) in [5, 5.41) is 0. The molecule has 1 atom stereocenters. The second kappa shape index (κ2) is 4.65. The zero-order valence-corrected chi connectivity index (χ0v) is 8.61. The van der Waals surface area contributed by atoms with Gasteiger partial charge in [0.1, 0.15) is 0 Å². The van der Waals surface area contributed by atoms with Gasteiger partial charge in [-0.15, -0.1) is 0 Å². The third kappa shape index (κ3) is 2.18. The molecule has 0 aromatic carbocycles. The molecule has 1 aromatic rings. The van der Waals surface area contributed by atoms with E-state index in [1.54, 1.807) is 6.26 Å². The first-order valence-electron chi connectivity index (χ1n) is 5.61. The molecule has 1 aliphatic rings. The van der Waals surface area contributed by atoms with E-state index in [1.165, 1.54) is 31.2 Å². The van der Waals surface area contributed by atoms with Crippen LogP contribution in [-0.4, -0.2) is 6.54 Å². The molecule has 2 rings (SSSR count). The largest absolute Gasteiger partial charge is 0.472 e. The number of hydrogen-bond acceptors (Lipinski definition) is 2. The molecule has 2 heteroatoms. The molecule has 2 nitrogen and oxygen atoms in total. The summed E-state index contributed by atoms with van der Waals surface area (Å²) in [6.07, 6.45) is 10.2. The molecule has 1 aliphatic carbocycles. The maximum atomic E-state index is 5.84. The highest BCUT2D eigenvalue weighted by molar-refractivity contribution is 5.07. The van der Waals surface area contributed by atoms with E-state index in [0.717, 1.165) is 18.9 Å². The average molecular weight is 193 g/mol. The monoisotopic (exact) mass is 193 g/mol. The zero-order valence-electron chi connectivity index (χ0n) is 8.61. The van der Waals surface area contributed by atoms with Crippen LogP contribution in [0.3, 0.4) is 0 Å². The maximum absolute atomic E-state index is 5.84. The van der Waals surface area contributed by atoms with Gasteiger partial charge in [-0.25, -0.2) is 0 Å². The summed E-state index contributed by atoms with van der Waals surface area (Å²) in [5.74, 6) is 1.52. The summed E-state index contributed by atoms with van der Waals surface area (Å²) in [4.78, 5) is 0. The normalized spacial score (nSPS) is 20.1. The van der Waals surface area contributed by atoms with Gasteiger partial charge < -0.3 is 10.2 Å². The number of hydrogen-bond donors (Lipinski definition) is 1. The molecular formula is C12H19NO. The zero-order chi connectivity index (χ0) is 9.80. The van der Waals surface area contributed by atoms with Crippen molar-refractivity contribution >= 4 is 0 Å². The highest BCUT2D eigenvalue weighted by atomic mass is 16.3. The Bertz CT molecular complexity index is 249. The molecule has 0 spiro atoms. The van der Waals surface area contributed by atoms with Crippen molar-refractivity contribution in [3.05, 3.63) is 24.2 Å². The van der Waals surface area contributed by atoms with Crippen molar-refractivity contribution < 1.29 is 4.42 Å². The van der Waals surface area contributed by atoms with E-state index in [9.17, 15) is 0 Å². The fraction of sp³-hybridized carbons (Fsp3) is 0.667. The van der Waals surface area contributed by atoms with Gasteiger partial charge >= 0.3 is 0 Å². The third-order valence-electron chi connectivity index (χ3n) is 3.45. The second-order valence-electron chi connectivity index (χ2n) is 4.38. The van der Waals surface area contributed by atoms with E-state index in [2.05, 4.69) is 6.07 Å². The van der Waals surface area contributed by atoms with Crippen molar-refractivity contribution in [2.24, 2.45) is 17.6 Å². The highest BCUT2D eigenvalue weighted by Crippen LogP contribution is 2.32. The number of furan rings is 1. The van der Waals surface area contributed by atoms with E-state index < -0.39 is 0 Å². The number of rotatable bonds is 4. The van der Waals surface area contributed by atoms with Gasteiger partial charge in [-0.2, -0.15) is 0 Å². The molecule has 1 unspecified atom stereocenters. The SMILES string of the molecule is NCC(Cc1ccoc1)C1CCCC1. The Balaban J connectivity index is 1.92. The Morgan fingerprint density at radius 2 is 2.21 bits per heavy atom. The fourth-order valence-electron chi connectivity index (χ4n) is 2.58. The first kappa shape index (κ1) is 9.78. The third-order valence-corrected chi connectivity index (χ3v) is 3.45. The lowest BCUT2D eigenvalue weighted by molar-refractivity contribution is 0.344. The Morgan fingerprint density at radius 1 is 1.43 bits per heavy atom. The highest BCUT2D eigenvalue weighted by Gasteiger charge is 2.24. The first-order valence-corrected chi connectivity index (χ1v) is 5.61. The molecule has 1 aromatic heterocycles. The summed E-state index contributed by atoms with van der Waals surface area (Å²) in [6.45, 7) is 0.815. The van der Waals surface area contributed by atoms with Crippen LogP contribution in [0.5, 0.6) is 0 Å². The molecule has 78 valence electrons. The van der Waals surface area contributed by atoms with Crippen LogP contribution >= 0.6 is 0 Å². The molecule has 1 heterocycles. The Morgan fingerprint density at radius 3 is 2.79 bits per heavy atom. The van der Waals surface area contributed by atoms with E-state index in [1.807, 2.05) is 6.26 Å². The molecule has 1 saturated carbocycles. The Hall–Kier alpha value is -0.760. The van der Waals surface area contributed by atoms with Crippen molar-refractivity contribution in [1.82, 2.24) is 0 Å². The summed E-state index contributed by atoms with van der Waals surface area (Å²) in [5.41, 5.74) is 7.14. The summed E-state index contributed by atoms with van der Waals surface area (Å²) in [6, 6.07) is 2.05. The molecule has 0 amide bonds. The van der Waals surface area contributed by atoms with Gasteiger partial charge in [0.2, 0.25) is 0 Å². The van der Waals surface area contributed by atoms with Crippen molar-refractivity contribution in [3.63, 3.8) is 0 Å². The van der Waals surface area contributed by atoms with Gasteiger partial charge in [0, 0.05) is 0 Å². The van der Waals surface area contributed by atoms with Crippen molar-refractivity contribution in [2.75, 3.05) is 6.54 Å². The summed E-state index contributed by atoms with van der Waals surface area (Å²) in [7, 11) is 0. The summed E-state index contributed by atoms with van der Waals surface area (Å²) < 4.78 is 5.08. The van der Waals surface area contributed by atoms with E-state index in [-0.39, 0.29) is 0 Å². The van der Waals surface area contributed by atoms with Gasteiger partial charge in [-0.05, 0) is 36.4 Å². The van der Waals surface area contributed by atoms with Crippen LogP contribution in [0.25, 0.3) is 0 Å². The Kier molecular flexibility index (Phi) is 3.25. The Labute approximate surface area is 85.5 Å². The maximum Gasteiger partial charge on any atom is 0.0934 e. The van der Waals surface area contributed by atoms with Gasteiger partial charge in [-0.1, -0.05) is 25.7 Å². The summed E-state index contributed by atoms with van der Waals surface area (Å²) >= 11 is 0. The van der Waals surface area contributed by atoms with Gasteiger partial charge in [0.25, 0.3) is 0 Å². The first-order chi connectivity index (χ1) is 6.90. The van der Waals surface area contributed by atoms with Crippen LogP contribution in [0.15, 0.2) is 23.0 Å². The minimum atomic E-state index is 0.662. The van der Waals surface area contributed by atoms with Crippen LogP contribution in [0.1, 0.15) is 31.2 Å². The second-order valence-corrected chi connectivity index (χ2v) is 4.38. The van der Waals surface area contributed by atoms with Crippen molar-refractivity contribution in [3.8, 4) is 0 Å². The van der Waals surface area contributed by atoms with E-state index in [0.29, 0.717) is 5.92 Å². The quantitative estimate of drug-likeness (QED) is 0.798. The van der Waals surface area contributed by atoms with Crippen LogP contribution < -0.4 is 5.73 Å². The fourth-order valence-corrected chi connectivity index (χ4v) is 2.58. The smallest absolute Gasteiger partial charge is 0.0934 e. The lowest BCUT2D eigenvalue weighted by Gasteiger charge is -2.20. The topological polar surface area (TPSA) is 39.2 Å². The van der Waals surface area contributed by atoms with Gasteiger partial charge in [-0.3, -0.25) is 0 Å². The van der Waals surface area contributed by atoms with Crippen LogP contribution in [0.2, 0.25) is 0 Å². The minimum absolute atomic E-state index is 0.662. The number of nitrogens with two attached hydrogens (primary N) is 1. The molecular weight excluding hydrogens is 174 g/mol. The molecule has 0 radical (unpaired) electrons. The van der Waals surface area contributed by atoms with Crippen LogP contribution in [0, 0.1) is 11.8 Å². The lowest BCUT2D eigenvalue weighted by atomic mass is 9.86. The predicted octanol–water partition coefficient (Wildman–Crippen LogP) is 2.59.